The van der Waals surface area contributed by atoms with Gasteiger partial charge in [0.2, 0.25) is 10.0 Å². The number of carbonyl (C=O) groups is 1. The Bertz CT molecular complexity index is 602. The lowest BCUT2D eigenvalue weighted by molar-refractivity contribution is -0.140. The van der Waals surface area contributed by atoms with Crippen LogP contribution in [0.5, 0.6) is 0 Å². The SMILES string of the molecule is COC(=O)C1CN1S(=O)(=O)c1ccc(F)cc1F. The Hall–Kier alpha value is -1.54. The first-order valence-corrected chi connectivity index (χ1v) is 6.36. The molecule has 5 nitrogen and oxygen atoms in total. The largest absolute Gasteiger partial charge is 0.468 e. The number of benzene rings is 1. The fourth-order valence-corrected chi connectivity index (χ4v) is 3.08. The minimum Gasteiger partial charge on any atom is -0.468 e. The Balaban J connectivity index is 2.31. The van der Waals surface area contributed by atoms with E-state index in [1.165, 1.54) is 0 Å². The molecule has 8 heteroatoms. The summed E-state index contributed by atoms with van der Waals surface area (Å²) in [4.78, 5) is 10.5. The second-order valence-corrected chi connectivity index (χ2v) is 5.55. The standard InChI is InChI=1S/C10H9F2NO4S/c1-17-10(14)8-5-13(8)18(15,16)9-3-2-6(11)4-7(9)12/h2-4,8H,5H2,1H3. The number of methoxy groups -OCH3 is 1. The lowest BCUT2D eigenvalue weighted by Crippen LogP contribution is -2.21. The van der Waals surface area contributed by atoms with Crippen LogP contribution >= 0.6 is 0 Å². The first kappa shape index (κ1) is 12.9. The third-order valence-electron chi connectivity index (χ3n) is 2.52. The Morgan fingerprint density at radius 1 is 1.44 bits per heavy atom. The molecule has 1 saturated heterocycles. The molecule has 98 valence electrons. The fraction of sp³-hybridized carbons (Fsp3) is 0.300. The van der Waals surface area contributed by atoms with Gasteiger partial charge in [0.05, 0.1) is 7.11 Å². The van der Waals surface area contributed by atoms with Crippen molar-refractivity contribution in [1.82, 2.24) is 4.31 Å². The number of ether oxygens (including phenoxy) is 1. The number of esters is 1. The number of sulfonamides is 1. The fourth-order valence-electron chi connectivity index (χ4n) is 1.53. The summed E-state index contributed by atoms with van der Waals surface area (Å²) in [6.07, 6.45) is 0. The molecular formula is C10H9F2NO4S. The van der Waals surface area contributed by atoms with Gasteiger partial charge in [-0.3, -0.25) is 4.79 Å². The highest BCUT2D eigenvalue weighted by Gasteiger charge is 2.50. The van der Waals surface area contributed by atoms with Gasteiger partial charge in [-0.2, -0.15) is 4.31 Å². The second-order valence-electron chi connectivity index (χ2n) is 3.69. The molecule has 0 radical (unpaired) electrons. The zero-order valence-electron chi connectivity index (χ0n) is 9.26. The number of rotatable bonds is 3. The van der Waals surface area contributed by atoms with Crippen LogP contribution in [0.25, 0.3) is 0 Å². The number of carbonyl (C=O) groups excluding carboxylic acids is 1. The number of halogens is 2. The summed E-state index contributed by atoms with van der Waals surface area (Å²) in [5, 5.41) is 0. The highest BCUT2D eigenvalue weighted by Crippen LogP contribution is 2.30. The van der Waals surface area contributed by atoms with Gasteiger partial charge in [0.15, 0.2) is 0 Å². The summed E-state index contributed by atoms with van der Waals surface area (Å²) in [5.74, 6) is -2.77. The van der Waals surface area contributed by atoms with Crippen molar-refractivity contribution in [3.8, 4) is 0 Å². The van der Waals surface area contributed by atoms with Crippen molar-refractivity contribution in [3.63, 3.8) is 0 Å². The Labute approximate surface area is 102 Å². The van der Waals surface area contributed by atoms with E-state index in [0.717, 1.165) is 23.5 Å². The van der Waals surface area contributed by atoms with E-state index in [4.69, 9.17) is 0 Å². The average Bonchev–Trinajstić information content (AvgIpc) is 3.07. The molecule has 2 unspecified atom stereocenters. The van der Waals surface area contributed by atoms with Gasteiger partial charge in [0, 0.05) is 12.6 Å². The van der Waals surface area contributed by atoms with E-state index < -0.39 is 38.6 Å². The molecule has 0 bridgehead atoms. The summed E-state index contributed by atoms with van der Waals surface area (Å²) in [5.41, 5.74) is 0. The summed E-state index contributed by atoms with van der Waals surface area (Å²) in [7, 11) is -3.00. The molecule has 1 aromatic rings. The topological polar surface area (TPSA) is 63.5 Å². The molecule has 1 fully saturated rings. The quantitative estimate of drug-likeness (QED) is 0.596. The molecule has 1 aromatic carbocycles. The second kappa shape index (κ2) is 4.29. The van der Waals surface area contributed by atoms with Crippen LogP contribution in [0, 0.1) is 11.6 Å². The predicted octanol–water partition coefficient (Wildman–Crippen LogP) is 0.511. The van der Waals surface area contributed by atoms with Gasteiger partial charge in [-0.1, -0.05) is 0 Å². The van der Waals surface area contributed by atoms with Crippen molar-refractivity contribution in [2.75, 3.05) is 13.7 Å². The zero-order valence-corrected chi connectivity index (χ0v) is 10.1. The maximum atomic E-state index is 13.4. The molecule has 0 saturated carbocycles. The monoisotopic (exact) mass is 277 g/mol. The van der Waals surface area contributed by atoms with E-state index >= 15 is 0 Å². The highest BCUT2D eigenvalue weighted by atomic mass is 32.2. The van der Waals surface area contributed by atoms with E-state index in [-0.39, 0.29) is 6.54 Å². The van der Waals surface area contributed by atoms with Crippen LogP contribution in [0.2, 0.25) is 0 Å². The van der Waals surface area contributed by atoms with Crippen LogP contribution in [0.15, 0.2) is 23.1 Å². The van der Waals surface area contributed by atoms with E-state index in [9.17, 15) is 22.0 Å². The Morgan fingerprint density at radius 2 is 2.11 bits per heavy atom. The van der Waals surface area contributed by atoms with Crippen molar-refractivity contribution < 1.29 is 26.7 Å². The van der Waals surface area contributed by atoms with E-state index in [2.05, 4.69) is 4.74 Å². The summed E-state index contributed by atoms with van der Waals surface area (Å²) in [6.45, 7) is -0.0637. The first-order chi connectivity index (χ1) is 8.37. The Kier molecular flexibility index (Phi) is 3.07. The number of nitrogens with zero attached hydrogens (tertiary/aromatic N) is 1. The van der Waals surface area contributed by atoms with E-state index in [1.807, 2.05) is 0 Å². The van der Waals surface area contributed by atoms with Crippen molar-refractivity contribution in [2.24, 2.45) is 0 Å². The summed E-state index contributed by atoms with van der Waals surface area (Å²) >= 11 is 0. The maximum Gasteiger partial charge on any atom is 0.325 e. The molecule has 18 heavy (non-hydrogen) atoms. The minimum atomic E-state index is -4.13. The lowest BCUT2D eigenvalue weighted by atomic mass is 10.3. The highest BCUT2D eigenvalue weighted by molar-refractivity contribution is 7.89. The summed E-state index contributed by atoms with van der Waals surface area (Å²) < 4.78 is 55.1. The molecule has 1 aliphatic rings. The van der Waals surface area contributed by atoms with Crippen LogP contribution in [0.4, 0.5) is 8.78 Å². The van der Waals surface area contributed by atoms with Crippen LogP contribution in [0.1, 0.15) is 0 Å². The minimum absolute atomic E-state index is 0.0637. The van der Waals surface area contributed by atoms with Crippen LogP contribution in [-0.2, 0) is 19.6 Å². The molecule has 0 aliphatic carbocycles. The molecule has 0 spiro atoms. The molecule has 0 aromatic heterocycles. The van der Waals surface area contributed by atoms with Crippen molar-refractivity contribution in [1.29, 1.82) is 0 Å². The first-order valence-electron chi connectivity index (χ1n) is 4.92. The van der Waals surface area contributed by atoms with Crippen molar-refractivity contribution >= 4 is 16.0 Å². The van der Waals surface area contributed by atoms with Gasteiger partial charge in [-0.05, 0) is 12.1 Å². The Morgan fingerprint density at radius 3 is 2.67 bits per heavy atom. The van der Waals surface area contributed by atoms with Gasteiger partial charge >= 0.3 is 5.97 Å². The van der Waals surface area contributed by atoms with Gasteiger partial charge in [0.1, 0.15) is 22.6 Å². The molecule has 1 aliphatic heterocycles. The van der Waals surface area contributed by atoms with Gasteiger partial charge in [0.25, 0.3) is 0 Å². The number of hydrogen-bond donors (Lipinski definition) is 0. The molecule has 2 atom stereocenters. The van der Waals surface area contributed by atoms with E-state index in [0.29, 0.717) is 6.07 Å². The molecular weight excluding hydrogens is 268 g/mol. The third-order valence-corrected chi connectivity index (χ3v) is 4.43. The van der Waals surface area contributed by atoms with Crippen LogP contribution in [0.3, 0.4) is 0 Å². The smallest absolute Gasteiger partial charge is 0.325 e. The summed E-state index contributed by atoms with van der Waals surface area (Å²) in [6, 6.07) is 1.22. The zero-order chi connectivity index (χ0) is 13.5. The third kappa shape index (κ3) is 2.08. The van der Waals surface area contributed by atoms with Crippen molar-refractivity contribution in [3.05, 3.63) is 29.8 Å². The van der Waals surface area contributed by atoms with Crippen LogP contribution < -0.4 is 0 Å². The molecule has 0 N–H and O–H groups in total. The normalized spacial score (nSPS) is 22.6. The maximum absolute atomic E-state index is 13.4. The lowest BCUT2D eigenvalue weighted by Gasteiger charge is -2.06. The average molecular weight is 277 g/mol. The van der Waals surface area contributed by atoms with Crippen molar-refractivity contribution in [2.45, 2.75) is 10.9 Å². The van der Waals surface area contributed by atoms with Gasteiger partial charge < -0.3 is 4.74 Å². The molecule has 2 rings (SSSR count). The van der Waals surface area contributed by atoms with E-state index in [1.54, 1.807) is 0 Å². The molecule has 0 amide bonds. The predicted molar refractivity (Wildman–Crippen MR) is 56.1 cm³/mol. The van der Waals surface area contributed by atoms with Crippen LogP contribution in [-0.4, -0.2) is 38.4 Å². The van der Waals surface area contributed by atoms with Gasteiger partial charge in [-0.15, -0.1) is 0 Å². The number of hydrogen-bond acceptors (Lipinski definition) is 4. The van der Waals surface area contributed by atoms with Gasteiger partial charge in [-0.25, -0.2) is 17.2 Å². The molecule has 1 heterocycles.